The Hall–Kier alpha value is -2.77. The average molecular weight is 476 g/mol. The number of amides is 3. The Bertz CT molecular complexity index is 798. The number of urea groups is 1. The third kappa shape index (κ3) is 10.4. The van der Waals surface area contributed by atoms with Crippen LogP contribution >= 0.6 is 0 Å². The first-order chi connectivity index (χ1) is 16.0. The van der Waals surface area contributed by atoms with Crippen molar-refractivity contribution in [3.63, 3.8) is 0 Å². The van der Waals surface area contributed by atoms with Crippen molar-refractivity contribution < 1.29 is 24.2 Å². The van der Waals surface area contributed by atoms with Crippen LogP contribution in [0.5, 0.6) is 5.75 Å². The number of nitrogens with zero attached hydrogens (tertiary/aromatic N) is 1. The quantitative estimate of drug-likeness (QED) is 0.441. The number of carbonyl (C=O) groups excluding carboxylic acids is 3. The maximum absolute atomic E-state index is 13.1. The third-order valence-corrected chi connectivity index (χ3v) is 5.99. The molecular formula is C26H41N3O5. The minimum absolute atomic E-state index is 0.141. The molecule has 0 radical (unpaired) electrons. The molecule has 0 aliphatic heterocycles. The van der Waals surface area contributed by atoms with Crippen molar-refractivity contribution in [1.29, 1.82) is 0 Å². The van der Waals surface area contributed by atoms with Crippen molar-refractivity contribution in [1.82, 2.24) is 15.5 Å². The van der Waals surface area contributed by atoms with Gasteiger partial charge in [0.15, 0.2) is 0 Å². The number of benzene rings is 1. The van der Waals surface area contributed by atoms with Gasteiger partial charge in [0, 0.05) is 20.1 Å². The largest absolute Gasteiger partial charge is 0.508 e. The molecule has 1 saturated carbocycles. The van der Waals surface area contributed by atoms with E-state index in [4.69, 9.17) is 4.74 Å². The molecule has 0 saturated heterocycles. The minimum Gasteiger partial charge on any atom is -0.508 e. The Morgan fingerprint density at radius 3 is 2.38 bits per heavy atom. The number of nitrogens with one attached hydrogen (secondary N) is 2. The Morgan fingerprint density at radius 2 is 1.76 bits per heavy atom. The van der Waals surface area contributed by atoms with Crippen LogP contribution in [-0.2, 0) is 20.9 Å². The molecule has 34 heavy (non-hydrogen) atoms. The fourth-order valence-corrected chi connectivity index (χ4v) is 4.22. The van der Waals surface area contributed by atoms with E-state index in [2.05, 4.69) is 10.6 Å². The van der Waals surface area contributed by atoms with Crippen LogP contribution in [0.4, 0.5) is 4.79 Å². The molecule has 1 aliphatic carbocycles. The molecule has 0 spiro atoms. The molecule has 1 fully saturated rings. The number of hydrogen-bond acceptors (Lipinski definition) is 5. The van der Waals surface area contributed by atoms with E-state index in [1.54, 1.807) is 44.9 Å². The number of phenols is 1. The standard InChI is InChI=1S/C26H41N3O5/c1-26(2,3)34-23(31)17-22(28-25(33)27-18-20-12-14-21(30)15-13-20)24(32)29(4)16-8-11-19-9-6-5-7-10-19/h12-15,19,22,30H,5-11,16-18H2,1-4H3,(H2,27,28,33)/t22-/m0/s1. The first-order valence-electron chi connectivity index (χ1n) is 12.3. The maximum atomic E-state index is 13.1. The molecule has 1 aliphatic rings. The molecule has 0 aromatic heterocycles. The number of aromatic hydroxyl groups is 1. The van der Waals surface area contributed by atoms with E-state index in [1.165, 1.54) is 44.2 Å². The lowest BCUT2D eigenvalue weighted by molar-refractivity contribution is -0.157. The summed E-state index contributed by atoms with van der Waals surface area (Å²) >= 11 is 0. The Balaban J connectivity index is 1.92. The summed E-state index contributed by atoms with van der Waals surface area (Å²) in [7, 11) is 1.71. The monoisotopic (exact) mass is 475 g/mol. The van der Waals surface area contributed by atoms with Crippen molar-refractivity contribution in [2.45, 2.75) is 90.3 Å². The lowest BCUT2D eigenvalue weighted by Crippen LogP contribution is -2.51. The second-order valence-electron chi connectivity index (χ2n) is 10.2. The summed E-state index contributed by atoms with van der Waals surface area (Å²) in [5.74, 6) is 0.0240. The van der Waals surface area contributed by atoms with Crippen molar-refractivity contribution in [3.05, 3.63) is 29.8 Å². The van der Waals surface area contributed by atoms with Crippen molar-refractivity contribution in [3.8, 4) is 5.75 Å². The van der Waals surface area contributed by atoms with Gasteiger partial charge >= 0.3 is 12.0 Å². The molecule has 3 N–H and O–H groups in total. The van der Waals surface area contributed by atoms with Gasteiger partial charge in [0.1, 0.15) is 17.4 Å². The summed E-state index contributed by atoms with van der Waals surface area (Å²) < 4.78 is 5.38. The molecule has 1 aromatic rings. The molecule has 8 heteroatoms. The molecule has 1 aromatic carbocycles. The topological polar surface area (TPSA) is 108 Å². The van der Waals surface area contributed by atoms with Gasteiger partial charge in [-0.3, -0.25) is 9.59 Å². The van der Waals surface area contributed by atoms with E-state index < -0.39 is 23.6 Å². The smallest absolute Gasteiger partial charge is 0.315 e. The highest BCUT2D eigenvalue weighted by molar-refractivity contribution is 5.90. The van der Waals surface area contributed by atoms with Crippen LogP contribution in [0.25, 0.3) is 0 Å². The van der Waals surface area contributed by atoms with Crippen LogP contribution in [0.1, 0.15) is 77.7 Å². The molecule has 1 atom stereocenters. The van der Waals surface area contributed by atoms with Crippen molar-refractivity contribution >= 4 is 17.9 Å². The summed E-state index contributed by atoms with van der Waals surface area (Å²) in [5, 5.41) is 14.7. The predicted molar refractivity (Wildman–Crippen MR) is 131 cm³/mol. The van der Waals surface area contributed by atoms with Crippen LogP contribution in [-0.4, -0.2) is 53.1 Å². The van der Waals surface area contributed by atoms with Gasteiger partial charge in [0.2, 0.25) is 5.91 Å². The lowest BCUT2D eigenvalue weighted by atomic mass is 9.86. The molecular weight excluding hydrogens is 434 g/mol. The summed E-state index contributed by atoms with van der Waals surface area (Å²) in [6.45, 7) is 6.08. The number of esters is 1. The van der Waals surface area contributed by atoms with Gasteiger partial charge in [-0.2, -0.15) is 0 Å². The van der Waals surface area contributed by atoms with E-state index in [0.717, 1.165) is 24.3 Å². The predicted octanol–water partition coefficient (Wildman–Crippen LogP) is 4.11. The summed E-state index contributed by atoms with van der Waals surface area (Å²) in [6, 6.07) is 4.89. The number of ether oxygens (including phenoxy) is 1. The Morgan fingerprint density at radius 1 is 1.12 bits per heavy atom. The molecule has 2 rings (SSSR count). The van der Waals surface area contributed by atoms with Gasteiger partial charge in [-0.05, 0) is 57.2 Å². The number of rotatable bonds is 10. The van der Waals surface area contributed by atoms with Gasteiger partial charge in [0.25, 0.3) is 0 Å². The zero-order valence-electron chi connectivity index (χ0n) is 21.1. The average Bonchev–Trinajstić information content (AvgIpc) is 2.77. The molecule has 190 valence electrons. The summed E-state index contributed by atoms with van der Waals surface area (Å²) in [5.41, 5.74) is 0.111. The Kier molecular flexibility index (Phi) is 10.7. The van der Waals surface area contributed by atoms with Crippen LogP contribution < -0.4 is 10.6 Å². The first-order valence-corrected chi connectivity index (χ1v) is 12.3. The SMILES string of the molecule is CN(CCCC1CCCCC1)C(=O)[C@H](CC(=O)OC(C)(C)C)NC(=O)NCc1ccc(O)cc1. The number of phenolic OH excluding ortho intramolecular Hbond substituents is 1. The van der Waals surface area contributed by atoms with Crippen molar-refractivity contribution in [2.75, 3.05) is 13.6 Å². The number of hydrogen-bond donors (Lipinski definition) is 3. The third-order valence-electron chi connectivity index (χ3n) is 5.99. The number of carbonyl (C=O) groups is 3. The fraction of sp³-hybridized carbons (Fsp3) is 0.654. The van der Waals surface area contributed by atoms with E-state index in [0.29, 0.717) is 6.54 Å². The zero-order chi connectivity index (χ0) is 25.1. The van der Waals surface area contributed by atoms with Gasteiger partial charge in [-0.1, -0.05) is 44.2 Å². The molecule has 0 heterocycles. The highest BCUT2D eigenvalue weighted by Gasteiger charge is 2.29. The van der Waals surface area contributed by atoms with Crippen molar-refractivity contribution in [2.24, 2.45) is 5.92 Å². The molecule has 0 bridgehead atoms. The molecule has 3 amide bonds. The van der Waals surface area contributed by atoms with Gasteiger partial charge in [-0.15, -0.1) is 0 Å². The highest BCUT2D eigenvalue weighted by atomic mass is 16.6. The van der Waals surface area contributed by atoms with Gasteiger partial charge < -0.3 is 25.4 Å². The summed E-state index contributed by atoms with van der Waals surface area (Å²) in [4.78, 5) is 39.7. The van der Waals surface area contributed by atoms with E-state index in [9.17, 15) is 19.5 Å². The Labute approximate surface area is 203 Å². The fourth-order valence-electron chi connectivity index (χ4n) is 4.22. The first kappa shape index (κ1) is 27.5. The van der Waals surface area contributed by atoms with Crippen LogP contribution in [0.3, 0.4) is 0 Å². The van der Waals surface area contributed by atoms with Crippen LogP contribution in [0.2, 0.25) is 0 Å². The second kappa shape index (κ2) is 13.2. The highest BCUT2D eigenvalue weighted by Crippen LogP contribution is 2.27. The number of likely N-dealkylation sites (N-methyl/N-ethyl adjacent to an activating group) is 1. The molecule has 0 unspecified atom stereocenters. The summed E-state index contributed by atoms with van der Waals surface area (Å²) in [6.07, 6.45) is 8.19. The van der Waals surface area contributed by atoms with Gasteiger partial charge in [-0.25, -0.2) is 4.79 Å². The maximum Gasteiger partial charge on any atom is 0.315 e. The second-order valence-corrected chi connectivity index (χ2v) is 10.2. The van der Waals surface area contributed by atoms with Crippen LogP contribution in [0.15, 0.2) is 24.3 Å². The van der Waals surface area contributed by atoms with Gasteiger partial charge in [0.05, 0.1) is 6.42 Å². The lowest BCUT2D eigenvalue weighted by Gasteiger charge is -2.27. The molecule has 8 nitrogen and oxygen atoms in total. The van der Waals surface area contributed by atoms with E-state index >= 15 is 0 Å². The van der Waals surface area contributed by atoms with E-state index in [1.807, 2.05) is 0 Å². The van der Waals surface area contributed by atoms with E-state index in [-0.39, 0.29) is 24.6 Å². The normalized spacial score (nSPS) is 15.3. The van der Waals surface area contributed by atoms with Crippen LogP contribution in [0, 0.1) is 5.92 Å². The zero-order valence-corrected chi connectivity index (χ0v) is 21.1. The minimum atomic E-state index is -1.02.